The monoisotopic (exact) mass is 274 g/mol. The van der Waals surface area contributed by atoms with Crippen molar-refractivity contribution in [2.45, 2.75) is 44.4 Å². The lowest BCUT2D eigenvalue weighted by Gasteiger charge is -2.25. The summed E-state index contributed by atoms with van der Waals surface area (Å²) < 4.78 is 10.3. The summed E-state index contributed by atoms with van der Waals surface area (Å²) in [5, 5.41) is 14.2. The molecule has 1 saturated heterocycles. The summed E-state index contributed by atoms with van der Waals surface area (Å²) in [6, 6.07) is -0.315. The Morgan fingerprint density at radius 3 is 2.63 bits per heavy atom. The molecule has 1 aliphatic rings. The van der Waals surface area contributed by atoms with Crippen LogP contribution in [-0.2, 0) is 14.3 Å². The summed E-state index contributed by atoms with van der Waals surface area (Å²) in [5.74, 6) is -0.951. The van der Waals surface area contributed by atoms with Crippen LogP contribution in [-0.4, -0.2) is 55.1 Å². The maximum atomic E-state index is 11.7. The van der Waals surface area contributed by atoms with Gasteiger partial charge >= 0.3 is 12.0 Å². The van der Waals surface area contributed by atoms with Gasteiger partial charge in [0.25, 0.3) is 0 Å². The number of carboxylic acid groups (broad SMARTS) is 1. The van der Waals surface area contributed by atoms with E-state index in [0.29, 0.717) is 26.0 Å². The van der Waals surface area contributed by atoms with E-state index >= 15 is 0 Å². The molecule has 1 fully saturated rings. The second kappa shape index (κ2) is 6.72. The number of amides is 2. The molecule has 1 aliphatic heterocycles. The van der Waals surface area contributed by atoms with Crippen molar-refractivity contribution in [3.63, 3.8) is 0 Å². The largest absolute Gasteiger partial charge is 0.479 e. The summed E-state index contributed by atoms with van der Waals surface area (Å²) in [7, 11) is 1.57. The van der Waals surface area contributed by atoms with E-state index in [4.69, 9.17) is 14.6 Å². The Balaban J connectivity index is 2.26. The van der Waals surface area contributed by atoms with Crippen molar-refractivity contribution < 1.29 is 24.2 Å². The smallest absolute Gasteiger partial charge is 0.332 e. The number of nitrogens with one attached hydrogen (secondary N) is 2. The Morgan fingerprint density at radius 1 is 1.42 bits per heavy atom. The van der Waals surface area contributed by atoms with Crippen LogP contribution in [0, 0.1) is 0 Å². The summed E-state index contributed by atoms with van der Waals surface area (Å²) in [4.78, 5) is 22.4. The van der Waals surface area contributed by atoms with Crippen LogP contribution >= 0.6 is 0 Å². The number of ether oxygens (including phenoxy) is 2. The fourth-order valence-corrected chi connectivity index (χ4v) is 1.99. The quantitative estimate of drug-likeness (QED) is 0.649. The van der Waals surface area contributed by atoms with Gasteiger partial charge in [-0.05, 0) is 26.7 Å². The molecule has 2 atom stereocenters. The topological polar surface area (TPSA) is 96.9 Å². The van der Waals surface area contributed by atoms with Crippen LogP contribution < -0.4 is 10.6 Å². The molecule has 1 heterocycles. The highest BCUT2D eigenvalue weighted by molar-refractivity contribution is 5.75. The zero-order chi connectivity index (χ0) is 14.5. The van der Waals surface area contributed by atoms with E-state index in [2.05, 4.69) is 10.6 Å². The van der Waals surface area contributed by atoms with Gasteiger partial charge in [0.1, 0.15) is 0 Å². The first-order valence-electron chi connectivity index (χ1n) is 6.27. The Hall–Kier alpha value is -1.34. The van der Waals surface area contributed by atoms with Gasteiger partial charge in [0.2, 0.25) is 0 Å². The lowest BCUT2D eigenvalue weighted by Crippen LogP contribution is -2.52. The highest BCUT2D eigenvalue weighted by Crippen LogP contribution is 2.19. The van der Waals surface area contributed by atoms with E-state index < -0.39 is 17.6 Å². The first kappa shape index (κ1) is 15.7. The first-order chi connectivity index (χ1) is 8.84. The molecule has 2 amide bonds. The SMILES string of the molecule is COCC(C)(C)NC(=O)NCC1CCC(C(=O)O)O1. The van der Waals surface area contributed by atoms with Gasteiger partial charge in [-0.2, -0.15) is 0 Å². The molecule has 0 bridgehead atoms. The standard InChI is InChI=1S/C12H22N2O5/c1-12(2,7-18-3)14-11(17)13-6-8-4-5-9(19-8)10(15)16/h8-9H,4-7H2,1-3H3,(H,15,16)(H2,13,14,17). The van der Waals surface area contributed by atoms with Crippen LogP contribution in [0.15, 0.2) is 0 Å². The number of methoxy groups -OCH3 is 1. The minimum Gasteiger partial charge on any atom is -0.479 e. The highest BCUT2D eigenvalue weighted by atomic mass is 16.5. The fourth-order valence-electron chi connectivity index (χ4n) is 1.99. The number of hydrogen-bond acceptors (Lipinski definition) is 4. The van der Waals surface area contributed by atoms with E-state index in [1.807, 2.05) is 13.8 Å². The van der Waals surface area contributed by atoms with Gasteiger partial charge in [0, 0.05) is 13.7 Å². The van der Waals surface area contributed by atoms with Crippen molar-refractivity contribution >= 4 is 12.0 Å². The van der Waals surface area contributed by atoms with E-state index in [1.54, 1.807) is 7.11 Å². The van der Waals surface area contributed by atoms with Crippen LogP contribution in [0.25, 0.3) is 0 Å². The molecule has 1 rings (SSSR count). The van der Waals surface area contributed by atoms with Crippen LogP contribution in [0.3, 0.4) is 0 Å². The predicted octanol–water partition coefficient (Wildman–Crippen LogP) is 0.343. The number of urea groups is 1. The molecule has 0 aliphatic carbocycles. The van der Waals surface area contributed by atoms with Gasteiger partial charge in [-0.25, -0.2) is 9.59 Å². The van der Waals surface area contributed by atoms with E-state index in [0.717, 1.165) is 0 Å². The van der Waals surface area contributed by atoms with Gasteiger partial charge in [-0.15, -0.1) is 0 Å². The lowest BCUT2D eigenvalue weighted by molar-refractivity contribution is -0.149. The average molecular weight is 274 g/mol. The molecule has 110 valence electrons. The number of hydrogen-bond donors (Lipinski definition) is 3. The van der Waals surface area contributed by atoms with E-state index in [9.17, 15) is 9.59 Å². The zero-order valence-electron chi connectivity index (χ0n) is 11.6. The minimum absolute atomic E-state index is 0.239. The molecule has 0 radical (unpaired) electrons. The zero-order valence-corrected chi connectivity index (χ0v) is 11.6. The third kappa shape index (κ3) is 5.44. The normalized spacial score (nSPS) is 23.1. The van der Waals surface area contributed by atoms with Crippen LogP contribution in [0.1, 0.15) is 26.7 Å². The number of carbonyl (C=O) groups excluding carboxylic acids is 1. The molecular formula is C12H22N2O5. The Labute approximate surface area is 112 Å². The second-order valence-corrected chi connectivity index (χ2v) is 5.31. The number of aliphatic carboxylic acids is 1. The van der Waals surface area contributed by atoms with Crippen molar-refractivity contribution in [1.29, 1.82) is 0 Å². The minimum atomic E-state index is -0.951. The van der Waals surface area contributed by atoms with Crippen LogP contribution in [0.5, 0.6) is 0 Å². The third-order valence-electron chi connectivity index (χ3n) is 2.83. The van der Waals surface area contributed by atoms with Crippen LogP contribution in [0.2, 0.25) is 0 Å². The maximum absolute atomic E-state index is 11.7. The lowest BCUT2D eigenvalue weighted by atomic mass is 10.1. The molecule has 0 aromatic carbocycles. The maximum Gasteiger partial charge on any atom is 0.332 e. The fraction of sp³-hybridized carbons (Fsp3) is 0.833. The van der Waals surface area contributed by atoms with E-state index in [-0.39, 0.29) is 12.1 Å². The first-order valence-corrected chi connectivity index (χ1v) is 6.27. The Morgan fingerprint density at radius 2 is 2.11 bits per heavy atom. The molecule has 19 heavy (non-hydrogen) atoms. The molecule has 2 unspecified atom stereocenters. The van der Waals surface area contributed by atoms with Crippen molar-refractivity contribution in [2.75, 3.05) is 20.3 Å². The van der Waals surface area contributed by atoms with Crippen molar-refractivity contribution in [2.24, 2.45) is 0 Å². The van der Waals surface area contributed by atoms with Gasteiger partial charge in [0.15, 0.2) is 6.10 Å². The number of carboxylic acids is 1. The van der Waals surface area contributed by atoms with Gasteiger partial charge in [-0.1, -0.05) is 0 Å². The Kier molecular flexibility index (Phi) is 5.56. The van der Waals surface area contributed by atoms with Crippen molar-refractivity contribution in [3.8, 4) is 0 Å². The van der Waals surface area contributed by atoms with Crippen molar-refractivity contribution in [1.82, 2.24) is 10.6 Å². The molecule has 0 spiro atoms. The summed E-state index contributed by atoms with van der Waals surface area (Å²) in [5.41, 5.74) is -0.459. The second-order valence-electron chi connectivity index (χ2n) is 5.31. The summed E-state index contributed by atoms with van der Waals surface area (Å²) >= 11 is 0. The molecule has 7 nitrogen and oxygen atoms in total. The molecule has 0 aromatic rings. The molecule has 0 aromatic heterocycles. The van der Waals surface area contributed by atoms with E-state index in [1.165, 1.54) is 0 Å². The van der Waals surface area contributed by atoms with Crippen LogP contribution in [0.4, 0.5) is 4.79 Å². The number of rotatable bonds is 6. The molecule has 3 N–H and O–H groups in total. The predicted molar refractivity (Wildman–Crippen MR) is 68.0 cm³/mol. The van der Waals surface area contributed by atoms with Gasteiger partial charge in [0.05, 0.1) is 18.2 Å². The molecule has 7 heteroatoms. The van der Waals surface area contributed by atoms with Gasteiger partial charge < -0.3 is 25.2 Å². The molecule has 0 saturated carbocycles. The van der Waals surface area contributed by atoms with Gasteiger partial charge in [-0.3, -0.25) is 0 Å². The summed E-state index contributed by atoms with van der Waals surface area (Å²) in [6.07, 6.45) is 0.133. The average Bonchev–Trinajstić information content (AvgIpc) is 2.74. The third-order valence-corrected chi connectivity index (χ3v) is 2.83. The number of carbonyl (C=O) groups is 2. The molecular weight excluding hydrogens is 252 g/mol. The summed E-state index contributed by atoms with van der Waals surface area (Å²) in [6.45, 7) is 4.41. The van der Waals surface area contributed by atoms with Crippen molar-refractivity contribution in [3.05, 3.63) is 0 Å². The highest BCUT2D eigenvalue weighted by Gasteiger charge is 2.30. The Bertz CT molecular complexity index is 332.